The average molecular weight is 311 g/mol. The lowest BCUT2D eigenvalue weighted by Crippen LogP contribution is -2.43. The highest BCUT2D eigenvalue weighted by Gasteiger charge is 2.19. The molecule has 1 saturated heterocycles. The minimum Gasteiger partial charge on any atom is -0.379 e. The highest BCUT2D eigenvalue weighted by atomic mass is 79.9. The summed E-state index contributed by atoms with van der Waals surface area (Å²) in [7, 11) is 0. The first-order chi connectivity index (χ1) is 8.68. The lowest BCUT2D eigenvalue weighted by molar-refractivity contribution is 0.0216. The Bertz CT molecular complexity index is 416. The van der Waals surface area contributed by atoms with Crippen molar-refractivity contribution in [3.05, 3.63) is 34.3 Å². The van der Waals surface area contributed by atoms with Crippen molar-refractivity contribution < 1.29 is 4.74 Å². The second-order valence-electron chi connectivity index (χ2n) is 4.66. The first kappa shape index (κ1) is 13.7. The van der Waals surface area contributed by atoms with E-state index in [1.807, 2.05) is 24.3 Å². The average Bonchev–Trinajstić information content (AvgIpc) is 2.40. The summed E-state index contributed by atoms with van der Waals surface area (Å²) in [6.07, 6.45) is 0.780. The standard InChI is InChI=1S/C14H19BrN2O/c1-11(17-6-8-18-9-7-17)10-14(16)12-4-2-3-5-13(12)15/h2-5,11,16H,6-10H2,1H3. The Morgan fingerprint density at radius 1 is 1.39 bits per heavy atom. The van der Waals surface area contributed by atoms with E-state index in [4.69, 9.17) is 10.1 Å². The summed E-state index contributed by atoms with van der Waals surface area (Å²) in [4.78, 5) is 2.40. The van der Waals surface area contributed by atoms with Crippen molar-refractivity contribution in [2.45, 2.75) is 19.4 Å². The highest BCUT2D eigenvalue weighted by molar-refractivity contribution is 9.10. The number of nitrogens with zero attached hydrogens (tertiary/aromatic N) is 1. The molecule has 0 radical (unpaired) electrons. The Balaban J connectivity index is 1.96. The molecule has 0 spiro atoms. The summed E-state index contributed by atoms with van der Waals surface area (Å²) < 4.78 is 6.36. The van der Waals surface area contributed by atoms with Gasteiger partial charge in [0.05, 0.1) is 13.2 Å². The van der Waals surface area contributed by atoms with Crippen molar-refractivity contribution in [1.82, 2.24) is 4.90 Å². The molecule has 1 N–H and O–H groups in total. The molecule has 4 heteroatoms. The Morgan fingerprint density at radius 2 is 2.06 bits per heavy atom. The maximum atomic E-state index is 8.23. The maximum absolute atomic E-state index is 8.23. The van der Waals surface area contributed by atoms with Crippen LogP contribution in [-0.2, 0) is 4.74 Å². The molecule has 0 bridgehead atoms. The van der Waals surface area contributed by atoms with Crippen molar-refractivity contribution in [2.75, 3.05) is 26.3 Å². The van der Waals surface area contributed by atoms with E-state index in [-0.39, 0.29) is 0 Å². The molecule has 1 heterocycles. The van der Waals surface area contributed by atoms with Crippen molar-refractivity contribution >= 4 is 21.6 Å². The molecule has 98 valence electrons. The maximum Gasteiger partial charge on any atom is 0.0594 e. The van der Waals surface area contributed by atoms with Gasteiger partial charge in [-0.25, -0.2) is 0 Å². The van der Waals surface area contributed by atoms with E-state index in [9.17, 15) is 0 Å². The SMILES string of the molecule is CC(CC(=N)c1ccccc1Br)N1CCOCC1. The van der Waals surface area contributed by atoms with Gasteiger partial charge in [0.15, 0.2) is 0 Å². The van der Waals surface area contributed by atoms with Gasteiger partial charge in [0.25, 0.3) is 0 Å². The van der Waals surface area contributed by atoms with E-state index >= 15 is 0 Å². The smallest absolute Gasteiger partial charge is 0.0594 e. The fourth-order valence-electron chi connectivity index (χ4n) is 2.26. The van der Waals surface area contributed by atoms with Gasteiger partial charge in [-0.15, -0.1) is 0 Å². The lowest BCUT2D eigenvalue weighted by Gasteiger charge is -2.32. The van der Waals surface area contributed by atoms with E-state index in [0.717, 1.165) is 42.8 Å². The topological polar surface area (TPSA) is 36.3 Å². The van der Waals surface area contributed by atoms with E-state index in [1.54, 1.807) is 0 Å². The Kier molecular flexibility index (Phi) is 4.92. The number of hydrogen-bond donors (Lipinski definition) is 1. The summed E-state index contributed by atoms with van der Waals surface area (Å²) >= 11 is 3.51. The Morgan fingerprint density at radius 3 is 2.72 bits per heavy atom. The highest BCUT2D eigenvalue weighted by Crippen LogP contribution is 2.19. The van der Waals surface area contributed by atoms with Crippen LogP contribution in [0.5, 0.6) is 0 Å². The molecule has 2 rings (SSSR count). The largest absolute Gasteiger partial charge is 0.379 e. The van der Waals surface area contributed by atoms with Crippen molar-refractivity contribution in [1.29, 1.82) is 5.41 Å². The number of hydrogen-bond acceptors (Lipinski definition) is 3. The van der Waals surface area contributed by atoms with Crippen LogP contribution in [0.15, 0.2) is 28.7 Å². The molecule has 0 aromatic heterocycles. The van der Waals surface area contributed by atoms with Gasteiger partial charge < -0.3 is 10.1 Å². The van der Waals surface area contributed by atoms with Crippen molar-refractivity contribution in [3.63, 3.8) is 0 Å². The van der Waals surface area contributed by atoms with Crippen LogP contribution in [0, 0.1) is 5.41 Å². The molecule has 1 aromatic carbocycles. The molecule has 0 amide bonds. The van der Waals surface area contributed by atoms with Gasteiger partial charge in [-0.1, -0.05) is 34.1 Å². The van der Waals surface area contributed by atoms with Gasteiger partial charge in [0.1, 0.15) is 0 Å². The first-order valence-electron chi connectivity index (χ1n) is 6.32. The lowest BCUT2D eigenvalue weighted by atomic mass is 10.0. The third-order valence-electron chi connectivity index (χ3n) is 3.37. The molecule has 18 heavy (non-hydrogen) atoms. The Hall–Kier alpha value is -0.710. The van der Waals surface area contributed by atoms with Crippen LogP contribution in [-0.4, -0.2) is 43.0 Å². The molecule has 1 fully saturated rings. The normalized spacial score (nSPS) is 18.6. The molecule has 1 aliphatic heterocycles. The molecule has 1 aliphatic rings. The van der Waals surface area contributed by atoms with E-state index < -0.39 is 0 Å². The van der Waals surface area contributed by atoms with Crippen molar-refractivity contribution in [2.24, 2.45) is 0 Å². The van der Waals surface area contributed by atoms with Crippen LogP contribution < -0.4 is 0 Å². The van der Waals surface area contributed by atoms with Gasteiger partial charge >= 0.3 is 0 Å². The van der Waals surface area contributed by atoms with Gasteiger partial charge in [-0.05, 0) is 13.0 Å². The first-order valence-corrected chi connectivity index (χ1v) is 7.12. The van der Waals surface area contributed by atoms with Gasteiger partial charge in [0.2, 0.25) is 0 Å². The third-order valence-corrected chi connectivity index (χ3v) is 4.06. The molecule has 1 atom stereocenters. The van der Waals surface area contributed by atoms with Gasteiger partial charge in [0, 0.05) is 41.3 Å². The number of nitrogens with one attached hydrogen (secondary N) is 1. The summed E-state index contributed by atoms with van der Waals surface area (Å²) in [5.74, 6) is 0. The summed E-state index contributed by atoms with van der Waals surface area (Å²) in [5, 5.41) is 8.23. The minimum atomic E-state index is 0.397. The zero-order chi connectivity index (χ0) is 13.0. The fourth-order valence-corrected chi connectivity index (χ4v) is 2.78. The Labute approximate surface area is 117 Å². The molecule has 1 unspecified atom stereocenters. The third kappa shape index (κ3) is 3.40. The van der Waals surface area contributed by atoms with Gasteiger partial charge in [-0.3, -0.25) is 4.90 Å². The van der Waals surface area contributed by atoms with Crippen LogP contribution >= 0.6 is 15.9 Å². The summed E-state index contributed by atoms with van der Waals surface area (Å²) in [5.41, 5.74) is 1.69. The summed E-state index contributed by atoms with van der Waals surface area (Å²) in [6.45, 7) is 5.77. The summed E-state index contributed by atoms with van der Waals surface area (Å²) in [6, 6.07) is 8.34. The number of rotatable bonds is 4. The molecule has 0 aliphatic carbocycles. The van der Waals surface area contributed by atoms with Crippen LogP contribution in [0.2, 0.25) is 0 Å². The minimum absolute atomic E-state index is 0.397. The van der Waals surface area contributed by atoms with Crippen LogP contribution in [0.4, 0.5) is 0 Å². The zero-order valence-corrected chi connectivity index (χ0v) is 12.2. The molecular weight excluding hydrogens is 292 g/mol. The van der Waals surface area contributed by atoms with Crippen molar-refractivity contribution in [3.8, 4) is 0 Å². The van der Waals surface area contributed by atoms with E-state index in [0.29, 0.717) is 11.8 Å². The molecule has 1 aromatic rings. The molecule has 3 nitrogen and oxygen atoms in total. The van der Waals surface area contributed by atoms with E-state index in [1.165, 1.54) is 0 Å². The van der Waals surface area contributed by atoms with Crippen LogP contribution in [0.3, 0.4) is 0 Å². The van der Waals surface area contributed by atoms with Crippen LogP contribution in [0.1, 0.15) is 18.9 Å². The predicted molar refractivity (Wildman–Crippen MR) is 77.4 cm³/mol. The number of halogens is 1. The second kappa shape index (κ2) is 6.45. The quantitative estimate of drug-likeness (QED) is 0.868. The number of benzene rings is 1. The fraction of sp³-hybridized carbons (Fsp3) is 0.500. The van der Waals surface area contributed by atoms with Crippen LogP contribution in [0.25, 0.3) is 0 Å². The van der Waals surface area contributed by atoms with Gasteiger partial charge in [-0.2, -0.15) is 0 Å². The zero-order valence-electron chi connectivity index (χ0n) is 10.7. The number of ether oxygens (including phenoxy) is 1. The predicted octanol–water partition coefficient (Wildman–Crippen LogP) is 2.93. The molecular formula is C14H19BrN2O. The van der Waals surface area contributed by atoms with E-state index in [2.05, 4.69) is 27.8 Å². The monoisotopic (exact) mass is 310 g/mol. The second-order valence-corrected chi connectivity index (χ2v) is 5.51. The molecule has 0 saturated carbocycles. The number of morpholine rings is 1.